The van der Waals surface area contributed by atoms with Gasteiger partial charge in [0.1, 0.15) is 0 Å². The number of pyridine rings is 1. The summed E-state index contributed by atoms with van der Waals surface area (Å²) in [5.74, 6) is 1.64. The SMILES string of the molecule is O=C(c1cccnc1)N1C[C@@H]2[C@H](c3ccccc31)[C@@H](CO)N2Cc1ccc2c(c1)OCO2. The van der Waals surface area contributed by atoms with Crippen molar-refractivity contribution in [3.05, 3.63) is 83.7 Å². The molecule has 6 rings (SSSR count). The average Bonchev–Trinajstić information content (AvgIpc) is 3.30. The molecule has 0 unspecified atom stereocenters. The van der Waals surface area contributed by atoms with Gasteiger partial charge in [-0.1, -0.05) is 24.3 Å². The monoisotopic (exact) mass is 429 g/mol. The first-order valence-electron chi connectivity index (χ1n) is 10.8. The number of ether oxygens (including phenoxy) is 2. The van der Waals surface area contributed by atoms with Crippen LogP contribution in [0.5, 0.6) is 11.5 Å². The molecule has 32 heavy (non-hydrogen) atoms. The van der Waals surface area contributed by atoms with E-state index in [9.17, 15) is 9.90 Å². The molecule has 3 aliphatic heterocycles. The summed E-state index contributed by atoms with van der Waals surface area (Å²) in [5, 5.41) is 10.2. The molecule has 0 radical (unpaired) electrons. The third kappa shape index (κ3) is 2.97. The van der Waals surface area contributed by atoms with Crippen molar-refractivity contribution in [3.63, 3.8) is 0 Å². The molecule has 0 bridgehead atoms. The van der Waals surface area contributed by atoms with E-state index in [2.05, 4.69) is 16.0 Å². The highest BCUT2D eigenvalue weighted by molar-refractivity contribution is 6.06. The molecule has 7 nitrogen and oxygen atoms in total. The Kier molecular flexibility index (Phi) is 4.59. The van der Waals surface area contributed by atoms with Crippen LogP contribution in [0.2, 0.25) is 0 Å². The smallest absolute Gasteiger partial charge is 0.259 e. The van der Waals surface area contributed by atoms with E-state index in [1.807, 2.05) is 41.3 Å². The molecule has 4 heterocycles. The molecule has 1 amide bonds. The predicted octanol–water partition coefficient (Wildman–Crippen LogP) is 2.80. The van der Waals surface area contributed by atoms with Gasteiger partial charge in [0.05, 0.1) is 12.2 Å². The van der Waals surface area contributed by atoms with Crippen LogP contribution in [-0.4, -0.2) is 52.9 Å². The lowest BCUT2D eigenvalue weighted by Crippen LogP contribution is -2.68. The van der Waals surface area contributed by atoms with Crippen LogP contribution in [0.4, 0.5) is 5.69 Å². The lowest BCUT2D eigenvalue weighted by molar-refractivity contribution is -0.0488. The molecule has 3 aliphatic rings. The molecule has 0 spiro atoms. The first-order chi connectivity index (χ1) is 15.7. The number of carbonyl (C=O) groups is 1. The van der Waals surface area contributed by atoms with E-state index >= 15 is 0 Å². The predicted molar refractivity (Wildman–Crippen MR) is 118 cm³/mol. The number of likely N-dealkylation sites (tertiary alicyclic amines) is 1. The second kappa shape index (κ2) is 7.62. The average molecular weight is 429 g/mol. The number of aliphatic hydroxyl groups excluding tert-OH is 1. The van der Waals surface area contributed by atoms with E-state index in [-0.39, 0.29) is 37.3 Å². The van der Waals surface area contributed by atoms with E-state index < -0.39 is 0 Å². The normalized spacial score (nSPS) is 23.3. The lowest BCUT2D eigenvalue weighted by atomic mass is 9.71. The fraction of sp³-hybridized carbons (Fsp3) is 0.280. The number of rotatable bonds is 4. The van der Waals surface area contributed by atoms with Crippen molar-refractivity contribution >= 4 is 11.6 Å². The number of aromatic nitrogens is 1. The van der Waals surface area contributed by atoms with Gasteiger partial charge in [-0.3, -0.25) is 14.7 Å². The number of hydrogen-bond donors (Lipinski definition) is 1. The highest BCUT2D eigenvalue weighted by atomic mass is 16.7. The number of hydrogen-bond acceptors (Lipinski definition) is 6. The van der Waals surface area contributed by atoms with Crippen LogP contribution < -0.4 is 14.4 Å². The molecule has 1 aromatic heterocycles. The number of amides is 1. The molecular weight excluding hydrogens is 406 g/mol. The van der Waals surface area contributed by atoms with Gasteiger partial charge in [-0.25, -0.2) is 0 Å². The van der Waals surface area contributed by atoms with E-state index in [0.29, 0.717) is 18.7 Å². The highest BCUT2D eigenvalue weighted by Crippen LogP contribution is 2.49. The van der Waals surface area contributed by atoms with Crippen LogP contribution in [0, 0.1) is 0 Å². The lowest BCUT2D eigenvalue weighted by Gasteiger charge is -2.59. The maximum Gasteiger partial charge on any atom is 0.259 e. The summed E-state index contributed by atoms with van der Waals surface area (Å²) in [5.41, 5.74) is 3.70. The Morgan fingerprint density at radius 2 is 1.97 bits per heavy atom. The van der Waals surface area contributed by atoms with Crippen molar-refractivity contribution in [2.45, 2.75) is 24.5 Å². The minimum atomic E-state index is -0.0560. The topological polar surface area (TPSA) is 75.1 Å². The third-order valence-corrected chi connectivity index (χ3v) is 6.78. The van der Waals surface area contributed by atoms with Crippen molar-refractivity contribution in [1.82, 2.24) is 9.88 Å². The quantitative estimate of drug-likeness (QED) is 0.688. The Hall–Kier alpha value is -3.42. The van der Waals surface area contributed by atoms with Gasteiger partial charge in [0, 0.05) is 49.2 Å². The zero-order valence-electron chi connectivity index (χ0n) is 17.4. The molecule has 1 fully saturated rings. The van der Waals surface area contributed by atoms with Crippen LogP contribution >= 0.6 is 0 Å². The Morgan fingerprint density at radius 3 is 2.81 bits per heavy atom. The Labute approximate surface area is 185 Å². The van der Waals surface area contributed by atoms with Crippen molar-refractivity contribution in [2.75, 3.05) is 24.8 Å². The number of benzene rings is 2. The summed E-state index contributed by atoms with van der Waals surface area (Å²) >= 11 is 0. The standard InChI is InChI=1S/C25H23N3O4/c29-14-21-24-18-5-1-2-6-19(18)28(25(30)17-4-3-9-26-11-17)13-20(24)27(21)12-16-7-8-22-23(10-16)32-15-31-22/h1-11,20-21,24,29H,12-15H2/t20-,21-,24+/m1/s1. The summed E-state index contributed by atoms with van der Waals surface area (Å²) in [6, 6.07) is 17.7. The first kappa shape index (κ1) is 19.3. The Balaban J connectivity index is 1.33. The van der Waals surface area contributed by atoms with Crippen molar-refractivity contribution in [3.8, 4) is 11.5 Å². The minimum absolute atomic E-state index is 0.00205. The van der Waals surface area contributed by atoms with Gasteiger partial charge in [-0.05, 0) is 41.5 Å². The number of fused-ring (bicyclic) bond motifs is 4. The fourth-order valence-corrected chi connectivity index (χ4v) is 5.29. The molecule has 3 aromatic rings. The number of para-hydroxylation sites is 1. The fourth-order valence-electron chi connectivity index (χ4n) is 5.29. The number of carbonyl (C=O) groups excluding carboxylic acids is 1. The van der Waals surface area contributed by atoms with Crippen LogP contribution in [0.1, 0.15) is 27.4 Å². The molecule has 1 saturated heterocycles. The molecule has 7 heteroatoms. The molecule has 1 N–H and O–H groups in total. The molecule has 2 aromatic carbocycles. The minimum Gasteiger partial charge on any atom is -0.454 e. The van der Waals surface area contributed by atoms with E-state index in [1.54, 1.807) is 24.5 Å². The van der Waals surface area contributed by atoms with Gasteiger partial charge in [0.25, 0.3) is 5.91 Å². The first-order valence-corrected chi connectivity index (χ1v) is 10.8. The Morgan fingerprint density at radius 1 is 1.09 bits per heavy atom. The van der Waals surface area contributed by atoms with Crippen LogP contribution in [-0.2, 0) is 6.54 Å². The van der Waals surface area contributed by atoms with Gasteiger partial charge in [0.2, 0.25) is 6.79 Å². The number of anilines is 1. The summed E-state index contributed by atoms with van der Waals surface area (Å²) in [6.07, 6.45) is 3.28. The van der Waals surface area contributed by atoms with Crippen LogP contribution in [0.15, 0.2) is 67.0 Å². The molecule has 162 valence electrons. The molecular formula is C25H23N3O4. The van der Waals surface area contributed by atoms with Gasteiger partial charge >= 0.3 is 0 Å². The van der Waals surface area contributed by atoms with Crippen LogP contribution in [0.25, 0.3) is 0 Å². The zero-order chi connectivity index (χ0) is 21.7. The van der Waals surface area contributed by atoms with Gasteiger partial charge in [-0.15, -0.1) is 0 Å². The molecule has 0 saturated carbocycles. The van der Waals surface area contributed by atoms with E-state index in [0.717, 1.165) is 28.3 Å². The maximum atomic E-state index is 13.4. The third-order valence-electron chi connectivity index (χ3n) is 6.78. The van der Waals surface area contributed by atoms with E-state index in [1.165, 1.54) is 0 Å². The summed E-state index contributed by atoms with van der Waals surface area (Å²) < 4.78 is 11.0. The second-order valence-electron chi connectivity index (χ2n) is 8.42. The van der Waals surface area contributed by atoms with Crippen LogP contribution in [0.3, 0.4) is 0 Å². The largest absolute Gasteiger partial charge is 0.454 e. The number of nitrogens with zero attached hydrogens (tertiary/aromatic N) is 3. The highest BCUT2D eigenvalue weighted by Gasteiger charge is 2.53. The number of aliphatic hydroxyl groups is 1. The van der Waals surface area contributed by atoms with Crippen molar-refractivity contribution < 1.29 is 19.4 Å². The second-order valence-corrected chi connectivity index (χ2v) is 8.42. The maximum absolute atomic E-state index is 13.4. The van der Waals surface area contributed by atoms with E-state index in [4.69, 9.17) is 9.47 Å². The van der Waals surface area contributed by atoms with Crippen molar-refractivity contribution in [2.24, 2.45) is 0 Å². The van der Waals surface area contributed by atoms with Gasteiger partial charge in [-0.2, -0.15) is 0 Å². The van der Waals surface area contributed by atoms with Crippen molar-refractivity contribution in [1.29, 1.82) is 0 Å². The molecule has 3 atom stereocenters. The van der Waals surface area contributed by atoms with Gasteiger partial charge in [0.15, 0.2) is 11.5 Å². The summed E-state index contributed by atoms with van der Waals surface area (Å²) in [4.78, 5) is 21.6. The zero-order valence-corrected chi connectivity index (χ0v) is 17.4. The van der Waals surface area contributed by atoms with Gasteiger partial charge < -0.3 is 19.5 Å². The Bertz CT molecular complexity index is 1170. The molecule has 0 aliphatic carbocycles. The summed E-state index contributed by atoms with van der Waals surface area (Å²) in [7, 11) is 0. The summed E-state index contributed by atoms with van der Waals surface area (Å²) in [6.45, 7) is 1.54.